The SMILES string of the molecule is O=[N+]([O-])c1cccc2c(Cl)c(I)sc12. The summed E-state index contributed by atoms with van der Waals surface area (Å²) in [6, 6.07) is 4.93. The van der Waals surface area contributed by atoms with Crippen molar-refractivity contribution in [3.8, 4) is 0 Å². The van der Waals surface area contributed by atoms with Crippen molar-refractivity contribution in [2.24, 2.45) is 0 Å². The van der Waals surface area contributed by atoms with Gasteiger partial charge in [0.1, 0.15) is 4.70 Å². The van der Waals surface area contributed by atoms with Gasteiger partial charge in [-0.05, 0) is 22.6 Å². The van der Waals surface area contributed by atoms with Crippen LogP contribution in [0.1, 0.15) is 0 Å². The molecule has 0 radical (unpaired) electrons. The highest BCUT2D eigenvalue weighted by atomic mass is 127. The molecule has 0 bridgehead atoms. The predicted octanol–water partition coefficient (Wildman–Crippen LogP) is 4.07. The van der Waals surface area contributed by atoms with Gasteiger partial charge in [-0.25, -0.2) is 0 Å². The van der Waals surface area contributed by atoms with E-state index in [0.717, 1.165) is 8.27 Å². The molecule has 3 nitrogen and oxygen atoms in total. The van der Waals surface area contributed by atoms with Crippen LogP contribution in [0.25, 0.3) is 10.1 Å². The Morgan fingerprint density at radius 3 is 2.86 bits per heavy atom. The second-order valence-corrected chi connectivity index (χ2v) is 5.81. The van der Waals surface area contributed by atoms with Crippen LogP contribution in [-0.4, -0.2) is 4.92 Å². The normalized spacial score (nSPS) is 10.7. The first-order valence-corrected chi connectivity index (χ1v) is 5.89. The smallest absolute Gasteiger partial charge is 0.258 e. The van der Waals surface area contributed by atoms with Crippen LogP contribution in [-0.2, 0) is 0 Å². The van der Waals surface area contributed by atoms with Gasteiger partial charge in [-0.2, -0.15) is 0 Å². The summed E-state index contributed by atoms with van der Waals surface area (Å²) in [4.78, 5) is 10.3. The first-order valence-electron chi connectivity index (χ1n) is 3.62. The molecule has 0 fully saturated rings. The Morgan fingerprint density at radius 1 is 1.50 bits per heavy atom. The van der Waals surface area contributed by atoms with Crippen molar-refractivity contribution in [1.29, 1.82) is 0 Å². The van der Waals surface area contributed by atoms with E-state index in [1.54, 1.807) is 12.1 Å². The highest BCUT2D eigenvalue weighted by Crippen LogP contribution is 2.40. The Hall–Kier alpha value is -0.400. The Bertz CT molecular complexity index is 525. The average molecular weight is 340 g/mol. The van der Waals surface area contributed by atoms with Gasteiger partial charge >= 0.3 is 0 Å². The van der Waals surface area contributed by atoms with Crippen LogP contribution in [0.5, 0.6) is 0 Å². The fourth-order valence-corrected chi connectivity index (χ4v) is 3.38. The number of non-ortho nitro benzene ring substituents is 1. The summed E-state index contributed by atoms with van der Waals surface area (Å²) in [7, 11) is 0. The Kier molecular flexibility index (Phi) is 2.63. The molecule has 0 spiro atoms. The van der Waals surface area contributed by atoms with Gasteiger partial charge in [0.25, 0.3) is 5.69 Å². The zero-order valence-corrected chi connectivity index (χ0v) is 10.4. The van der Waals surface area contributed by atoms with Crippen molar-refractivity contribution in [2.75, 3.05) is 0 Å². The Morgan fingerprint density at radius 2 is 2.21 bits per heavy atom. The molecule has 0 N–H and O–H groups in total. The first-order chi connectivity index (χ1) is 6.61. The lowest BCUT2D eigenvalue weighted by atomic mass is 10.2. The maximum absolute atomic E-state index is 10.7. The third kappa shape index (κ3) is 1.49. The van der Waals surface area contributed by atoms with Crippen LogP contribution < -0.4 is 0 Å². The molecule has 2 aromatic rings. The van der Waals surface area contributed by atoms with E-state index < -0.39 is 0 Å². The van der Waals surface area contributed by atoms with Gasteiger partial charge in [0.2, 0.25) is 0 Å². The monoisotopic (exact) mass is 339 g/mol. The van der Waals surface area contributed by atoms with Gasteiger partial charge in [-0.1, -0.05) is 23.7 Å². The van der Waals surface area contributed by atoms with Gasteiger partial charge < -0.3 is 0 Å². The minimum atomic E-state index is -0.384. The quantitative estimate of drug-likeness (QED) is 0.446. The van der Waals surface area contributed by atoms with Crippen molar-refractivity contribution >= 4 is 61.3 Å². The molecular formula is C8H3ClINO2S. The van der Waals surface area contributed by atoms with Crippen LogP contribution in [0, 0.1) is 13.0 Å². The van der Waals surface area contributed by atoms with Crippen LogP contribution in [0.2, 0.25) is 5.02 Å². The van der Waals surface area contributed by atoms with Gasteiger partial charge in [-0.3, -0.25) is 10.1 Å². The number of thiophene rings is 1. The van der Waals surface area contributed by atoms with E-state index in [1.807, 2.05) is 0 Å². The molecule has 6 heteroatoms. The van der Waals surface area contributed by atoms with E-state index in [-0.39, 0.29) is 10.6 Å². The predicted molar refractivity (Wildman–Crippen MR) is 66.2 cm³/mol. The number of fused-ring (bicyclic) bond motifs is 1. The molecule has 0 aliphatic heterocycles. The third-order valence-electron chi connectivity index (χ3n) is 1.79. The minimum absolute atomic E-state index is 0.123. The molecule has 72 valence electrons. The number of hydrogen-bond acceptors (Lipinski definition) is 3. The zero-order valence-electron chi connectivity index (χ0n) is 6.66. The number of nitrogens with zero attached hydrogens (tertiary/aromatic N) is 1. The molecule has 2 rings (SSSR count). The Balaban J connectivity index is 2.88. The lowest BCUT2D eigenvalue weighted by Crippen LogP contribution is -1.86. The van der Waals surface area contributed by atoms with Gasteiger partial charge in [-0.15, -0.1) is 11.3 Å². The second-order valence-electron chi connectivity index (χ2n) is 2.60. The minimum Gasteiger partial charge on any atom is -0.258 e. The third-order valence-corrected chi connectivity index (χ3v) is 4.83. The summed E-state index contributed by atoms with van der Waals surface area (Å²) in [5.74, 6) is 0. The van der Waals surface area contributed by atoms with Crippen molar-refractivity contribution in [2.45, 2.75) is 0 Å². The molecule has 1 aromatic carbocycles. The standard InChI is InChI=1S/C8H3ClINO2S/c9-6-4-2-1-3-5(11(12)13)7(4)14-8(6)10/h1-3H. The summed E-state index contributed by atoms with van der Waals surface area (Å²) in [5.41, 5.74) is 0.123. The fraction of sp³-hybridized carbons (Fsp3) is 0. The number of nitro benzene ring substituents is 1. The maximum atomic E-state index is 10.7. The van der Waals surface area contributed by atoms with E-state index >= 15 is 0 Å². The zero-order chi connectivity index (χ0) is 10.3. The van der Waals surface area contributed by atoms with Gasteiger partial charge in [0.15, 0.2) is 0 Å². The van der Waals surface area contributed by atoms with E-state index in [9.17, 15) is 10.1 Å². The number of nitro groups is 1. The number of rotatable bonds is 1. The largest absolute Gasteiger partial charge is 0.287 e. The summed E-state index contributed by atoms with van der Waals surface area (Å²) < 4.78 is 1.53. The lowest BCUT2D eigenvalue weighted by molar-refractivity contribution is -0.382. The van der Waals surface area contributed by atoms with Crippen LogP contribution in [0.4, 0.5) is 5.69 Å². The van der Waals surface area contributed by atoms with E-state index in [0.29, 0.717) is 9.72 Å². The molecule has 14 heavy (non-hydrogen) atoms. The van der Waals surface area contributed by atoms with Crippen LogP contribution in [0.15, 0.2) is 18.2 Å². The molecule has 0 saturated carbocycles. The summed E-state index contributed by atoms with van der Waals surface area (Å²) >= 11 is 9.43. The molecule has 0 amide bonds. The summed E-state index contributed by atoms with van der Waals surface area (Å²) in [6.45, 7) is 0. The van der Waals surface area contributed by atoms with E-state index in [2.05, 4.69) is 22.6 Å². The van der Waals surface area contributed by atoms with Crippen molar-refractivity contribution in [3.05, 3.63) is 36.2 Å². The molecule has 0 unspecified atom stereocenters. The molecule has 0 atom stereocenters. The van der Waals surface area contributed by atoms with E-state index in [4.69, 9.17) is 11.6 Å². The second kappa shape index (κ2) is 3.63. The highest BCUT2D eigenvalue weighted by Gasteiger charge is 2.17. The molecule has 0 saturated heterocycles. The molecule has 1 aromatic heterocycles. The molecule has 1 heterocycles. The number of hydrogen-bond donors (Lipinski definition) is 0. The molecular weight excluding hydrogens is 337 g/mol. The lowest BCUT2D eigenvalue weighted by Gasteiger charge is -1.92. The Labute approximate surface area is 102 Å². The fourth-order valence-electron chi connectivity index (χ4n) is 1.19. The van der Waals surface area contributed by atoms with E-state index in [1.165, 1.54) is 17.4 Å². The molecule has 0 aliphatic rings. The van der Waals surface area contributed by atoms with Crippen molar-refractivity contribution in [3.63, 3.8) is 0 Å². The summed E-state index contributed by atoms with van der Waals surface area (Å²) in [5, 5.41) is 12.1. The number of halogens is 2. The molecule has 0 aliphatic carbocycles. The van der Waals surface area contributed by atoms with Crippen LogP contribution in [0.3, 0.4) is 0 Å². The van der Waals surface area contributed by atoms with Crippen molar-refractivity contribution < 1.29 is 4.92 Å². The topological polar surface area (TPSA) is 43.1 Å². The first kappa shape index (κ1) is 10.1. The maximum Gasteiger partial charge on any atom is 0.287 e. The summed E-state index contributed by atoms with van der Waals surface area (Å²) in [6.07, 6.45) is 0. The highest BCUT2D eigenvalue weighted by molar-refractivity contribution is 14.1. The van der Waals surface area contributed by atoms with Gasteiger partial charge in [0.05, 0.1) is 12.8 Å². The van der Waals surface area contributed by atoms with Crippen LogP contribution >= 0.6 is 45.5 Å². The number of benzene rings is 1. The average Bonchev–Trinajstić information content (AvgIpc) is 2.43. The van der Waals surface area contributed by atoms with Crippen molar-refractivity contribution in [1.82, 2.24) is 0 Å². The van der Waals surface area contributed by atoms with Gasteiger partial charge in [0, 0.05) is 11.5 Å².